The summed E-state index contributed by atoms with van der Waals surface area (Å²) in [5, 5.41) is 11.6. The van der Waals surface area contributed by atoms with Gasteiger partial charge in [0.05, 0.1) is 25.3 Å². The van der Waals surface area contributed by atoms with Gasteiger partial charge in [0.2, 0.25) is 0 Å². The average molecular weight is 500 g/mol. The molecule has 37 heavy (non-hydrogen) atoms. The molecule has 1 aliphatic rings. The van der Waals surface area contributed by atoms with Gasteiger partial charge in [0.1, 0.15) is 17.3 Å². The highest BCUT2D eigenvalue weighted by atomic mass is 16.5. The molecular weight excluding hydrogens is 466 g/mol. The number of rotatable bonds is 6. The van der Waals surface area contributed by atoms with Gasteiger partial charge in [0.25, 0.3) is 11.7 Å². The fraction of sp³-hybridized carbons (Fsp3) is 0.290. The third-order valence-corrected chi connectivity index (χ3v) is 6.53. The van der Waals surface area contributed by atoms with E-state index in [1.54, 1.807) is 37.4 Å². The summed E-state index contributed by atoms with van der Waals surface area (Å²) >= 11 is 0. The molecule has 1 saturated heterocycles. The van der Waals surface area contributed by atoms with Crippen LogP contribution in [-0.2, 0) is 15.0 Å². The molecular formula is C31H33NO5. The number of methoxy groups -OCH3 is 1. The van der Waals surface area contributed by atoms with Gasteiger partial charge in [-0.05, 0) is 67.3 Å². The van der Waals surface area contributed by atoms with Gasteiger partial charge in [-0.15, -0.1) is 0 Å². The Bertz CT molecular complexity index is 1370. The zero-order valence-corrected chi connectivity index (χ0v) is 22.2. The van der Waals surface area contributed by atoms with Gasteiger partial charge in [-0.2, -0.15) is 0 Å². The van der Waals surface area contributed by atoms with E-state index in [-0.39, 0.29) is 16.7 Å². The first-order valence-corrected chi connectivity index (χ1v) is 12.4. The second-order valence-electron chi connectivity index (χ2n) is 10.2. The van der Waals surface area contributed by atoms with Crippen LogP contribution in [0.3, 0.4) is 0 Å². The van der Waals surface area contributed by atoms with Crippen molar-refractivity contribution in [2.24, 2.45) is 0 Å². The Morgan fingerprint density at radius 3 is 2.32 bits per heavy atom. The topological polar surface area (TPSA) is 76.1 Å². The SMILES string of the molecule is CCOc1ccc(/C(O)=C2/C(=O)C(=O)N(c3ccc(C)cc3)C2c2cccc(OC)c2)cc1C(C)(C)C. The van der Waals surface area contributed by atoms with Gasteiger partial charge >= 0.3 is 0 Å². The average Bonchev–Trinajstić information content (AvgIpc) is 3.14. The van der Waals surface area contributed by atoms with E-state index in [9.17, 15) is 14.7 Å². The van der Waals surface area contributed by atoms with Crippen LogP contribution in [0.15, 0.2) is 72.3 Å². The summed E-state index contributed by atoms with van der Waals surface area (Å²) in [6.07, 6.45) is 0. The van der Waals surface area contributed by atoms with Crippen LogP contribution in [-0.4, -0.2) is 30.5 Å². The fourth-order valence-corrected chi connectivity index (χ4v) is 4.63. The summed E-state index contributed by atoms with van der Waals surface area (Å²) in [4.78, 5) is 28.4. The lowest BCUT2D eigenvalue weighted by Crippen LogP contribution is -2.29. The molecule has 1 fully saturated rings. The Morgan fingerprint density at radius 2 is 1.70 bits per heavy atom. The monoisotopic (exact) mass is 499 g/mol. The van der Waals surface area contributed by atoms with E-state index < -0.39 is 17.7 Å². The van der Waals surface area contributed by atoms with Crippen LogP contribution in [0.25, 0.3) is 5.76 Å². The minimum Gasteiger partial charge on any atom is -0.507 e. The lowest BCUT2D eigenvalue weighted by atomic mass is 9.84. The summed E-state index contributed by atoms with van der Waals surface area (Å²) in [6, 6.07) is 19.1. The van der Waals surface area contributed by atoms with Crippen molar-refractivity contribution in [3.8, 4) is 11.5 Å². The number of anilines is 1. The molecule has 0 saturated carbocycles. The molecule has 0 bridgehead atoms. The Kier molecular flexibility index (Phi) is 7.12. The number of aryl methyl sites for hydroxylation is 1. The molecule has 0 spiro atoms. The van der Waals surface area contributed by atoms with Crippen molar-refractivity contribution in [2.45, 2.75) is 46.1 Å². The molecule has 1 N–H and O–H groups in total. The molecule has 1 unspecified atom stereocenters. The maximum absolute atomic E-state index is 13.5. The second kappa shape index (κ2) is 10.1. The maximum atomic E-state index is 13.5. The molecule has 6 nitrogen and oxygen atoms in total. The molecule has 0 radical (unpaired) electrons. The van der Waals surface area contributed by atoms with E-state index in [1.165, 1.54) is 4.90 Å². The van der Waals surface area contributed by atoms with Crippen molar-refractivity contribution in [3.05, 3.63) is 94.6 Å². The standard InChI is InChI=1S/C31H33NO5/c1-7-37-25-16-13-21(18-24(25)31(3,4)5)28(33)26-27(20-9-8-10-23(17-20)36-6)32(30(35)29(26)34)22-14-11-19(2)12-15-22/h8-18,27,33H,7H2,1-6H3/b28-26-. The summed E-state index contributed by atoms with van der Waals surface area (Å²) in [6.45, 7) is 10.5. The Hall–Kier alpha value is -4.06. The highest BCUT2D eigenvalue weighted by Gasteiger charge is 2.47. The third kappa shape index (κ3) is 4.96. The van der Waals surface area contributed by atoms with Gasteiger partial charge in [0, 0.05) is 16.8 Å². The number of carbonyl (C=O) groups is 2. The third-order valence-electron chi connectivity index (χ3n) is 6.53. The van der Waals surface area contributed by atoms with Crippen molar-refractivity contribution < 1.29 is 24.2 Å². The zero-order chi connectivity index (χ0) is 26.9. The zero-order valence-electron chi connectivity index (χ0n) is 22.2. The molecule has 3 aromatic carbocycles. The molecule has 192 valence electrons. The molecule has 3 aromatic rings. The van der Waals surface area contributed by atoms with Crippen molar-refractivity contribution >= 4 is 23.1 Å². The van der Waals surface area contributed by atoms with E-state index in [2.05, 4.69) is 20.8 Å². The van der Waals surface area contributed by atoms with Gasteiger partial charge in [-0.25, -0.2) is 0 Å². The molecule has 0 aliphatic carbocycles. The number of nitrogens with zero attached hydrogens (tertiary/aromatic N) is 1. The number of carbonyl (C=O) groups excluding carboxylic acids is 2. The Labute approximate surface area is 218 Å². The first kappa shape index (κ1) is 26.0. The van der Waals surface area contributed by atoms with Crippen LogP contribution < -0.4 is 14.4 Å². The van der Waals surface area contributed by atoms with E-state index in [0.717, 1.165) is 16.9 Å². The van der Waals surface area contributed by atoms with Crippen molar-refractivity contribution in [2.75, 3.05) is 18.6 Å². The van der Waals surface area contributed by atoms with Crippen molar-refractivity contribution in [1.29, 1.82) is 0 Å². The number of ketones is 1. The van der Waals surface area contributed by atoms with E-state index in [0.29, 0.717) is 29.2 Å². The molecule has 1 atom stereocenters. The molecule has 0 aromatic heterocycles. The molecule has 1 heterocycles. The predicted molar refractivity (Wildman–Crippen MR) is 145 cm³/mol. The van der Waals surface area contributed by atoms with Gasteiger partial charge in [-0.3, -0.25) is 14.5 Å². The second-order valence-corrected chi connectivity index (χ2v) is 10.2. The summed E-state index contributed by atoms with van der Waals surface area (Å²) in [5.74, 6) is -0.356. The number of benzene rings is 3. The van der Waals surface area contributed by atoms with Gasteiger partial charge < -0.3 is 14.6 Å². The number of aliphatic hydroxyl groups is 1. The number of hydrogen-bond acceptors (Lipinski definition) is 5. The highest BCUT2D eigenvalue weighted by molar-refractivity contribution is 6.51. The number of amides is 1. The fourth-order valence-electron chi connectivity index (χ4n) is 4.63. The van der Waals surface area contributed by atoms with Gasteiger partial charge in [-0.1, -0.05) is 50.6 Å². The normalized spacial score (nSPS) is 17.2. The minimum atomic E-state index is -0.831. The maximum Gasteiger partial charge on any atom is 0.300 e. The number of hydrogen-bond donors (Lipinski definition) is 1. The first-order valence-electron chi connectivity index (χ1n) is 12.4. The first-order chi connectivity index (χ1) is 17.6. The van der Waals surface area contributed by atoms with Crippen LogP contribution in [0.5, 0.6) is 11.5 Å². The quantitative estimate of drug-likeness (QED) is 0.244. The predicted octanol–water partition coefficient (Wildman–Crippen LogP) is 6.33. The van der Waals surface area contributed by atoms with Gasteiger partial charge in [0.15, 0.2) is 0 Å². The van der Waals surface area contributed by atoms with Crippen LogP contribution >= 0.6 is 0 Å². The van der Waals surface area contributed by atoms with Crippen LogP contribution in [0.1, 0.15) is 56.0 Å². The summed E-state index contributed by atoms with van der Waals surface area (Å²) in [5.41, 5.74) is 3.35. The van der Waals surface area contributed by atoms with E-state index >= 15 is 0 Å². The number of ether oxygens (including phenoxy) is 2. The Balaban J connectivity index is 1.95. The summed E-state index contributed by atoms with van der Waals surface area (Å²) in [7, 11) is 1.56. The van der Waals surface area contributed by atoms with Crippen molar-refractivity contribution in [1.82, 2.24) is 0 Å². The lowest BCUT2D eigenvalue weighted by Gasteiger charge is -2.26. The number of aliphatic hydroxyl groups excluding tert-OH is 1. The molecule has 1 amide bonds. The highest BCUT2D eigenvalue weighted by Crippen LogP contribution is 2.43. The summed E-state index contributed by atoms with van der Waals surface area (Å²) < 4.78 is 11.2. The molecule has 1 aliphatic heterocycles. The smallest absolute Gasteiger partial charge is 0.300 e. The lowest BCUT2D eigenvalue weighted by molar-refractivity contribution is -0.132. The van der Waals surface area contributed by atoms with E-state index in [4.69, 9.17) is 9.47 Å². The molecule has 6 heteroatoms. The largest absolute Gasteiger partial charge is 0.507 e. The van der Waals surface area contributed by atoms with Crippen LogP contribution in [0.4, 0.5) is 5.69 Å². The van der Waals surface area contributed by atoms with Crippen molar-refractivity contribution in [3.63, 3.8) is 0 Å². The van der Waals surface area contributed by atoms with E-state index in [1.807, 2.05) is 50.2 Å². The molecule has 4 rings (SSSR count). The Morgan fingerprint density at radius 1 is 1.00 bits per heavy atom. The van der Waals surface area contributed by atoms with Crippen LogP contribution in [0, 0.1) is 6.92 Å². The van der Waals surface area contributed by atoms with Crippen LogP contribution in [0.2, 0.25) is 0 Å². The minimum absolute atomic E-state index is 0.0304. The number of Topliss-reactive ketones (excluding diaryl/α,β-unsaturated/α-hetero) is 1.